The van der Waals surface area contributed by atoms with Crippen molar-refractivity contribution in [3.63, 3.8) is 0 Å². The number of carbonyl (C=O) groups excluding carboxylic acids is 1. The summed E-state index contributed by atoms with van der Waals surface area (Å²) in [7, 11) is 1.52. The summed E-state index contributed by atoms with van der Waals surface area (Å²) in [6.07, 6.45) is 1.39. The van der Waals surface area contributed by atoms with Crippen LogP contribution in [0.15, 0.2) is 47.4 Å². The van der Waals surface area contributed by atoms with E-state index in [1.807, 2.05) is 0 Å². The number of carbonyl (C=O) groups is 1. The first-order valence-electron chi connectivity index (χ1n) is 6.22. The number of ether oxygens (including phenoxy) is 2. The van der Waals surface area contributed by atoms with Gasteiger partial charge in [0.15, 0.2) is 22.8 Å². The van der Waals surface area contributed by atoms with Crippen molar-refractivity contribution in [2.45, 2.75) is 0 Å². The molecule has 1 N–H and O–H groups in total. The third kappa shape index (κ3) is 5.36. The maximum atomic E-state index is 11.7. The number of halogens is 3. The molecule has 9 heteroatoms. The van der Waals surface area contributed by atoms with Gasteiger partial charge in [0.1, 0.15) is 5.76 Å². The van der Waals surface area contributed by atoms with Gasteiger partial charge in [0.05, 0.1) is 17.8 Å². The summed E-state index contributed by atoms with van der Waals surface area (Å²) in [5, 5.41) is 3.78. The predicted molar refractivity (Wildman–Crippen MR) is 96.0 cm³/mol. The van der Waals surface area contributed by atoms with Crippen molar-refractivity contribution < 1.29 is 18.7 Å². The summed E-state index contributed by atoms with van der Waals surface area (Å²) >= 11 is 9.88. The molecule has 0 atom stereocenters. The van der Waals surface area contributed by atoms with Gasteiger partial charge in [-0.15, -0.1) is 0 Å². The molecule has 0 saturated carbocycles. The van der Waals surface area contributed by atoms with Gasteiger partial charge in [-0.1, -0.05) is 15.9 Å². The zero-order valence-electron chi connectivity index (χ0n) is 11.8. The minimum absolute atomic E-state index is 0.213. The second-order valence-corrected chi connectivity index (χ2v) is 6.69. The summed E-state index contributed by atoms with van der Waals surface area (Å²) in [4.78, 5) is 11.7. The van der Waals surface area contributed by atoms with Gasteiger partial charge in [-0.25, -0.2) is 5.43 Å². The molecule has 6 nitrogen and oxygen atoms in total. The molecule has 2 rings (SSSR count). The predicted octanol–water partition coefficient (Wildman–Crippen LogP) is 4.10. The fourth-order valence-corrected chi connectivity index (χ4v) is 3.18. The van der Waals surface area contributed by atoms with Crippen LogP contribution in [-0.2, 0) is 4.79 Å². The molecule has 23 heavy (non-hydrogen) atoms. The van der Waals surface area contributed by atoms with Crippen molar-refractivity contribution in [2.75, 3.05) is 13.7 Å². The quantitative estimate of drug-likeness (QED) is 0.469. The van der Waals surface area contributed by atoms with Gasteiger partial charge in [0, 0.05) is 4.47 Å². The Morgan fingerprint density at radius 1 is 1.35 bits per heavy atom. The van der Waals surface area contributed by atoms with Crippen LogP contribution in [0.4, 0.5) is 0 Å². The Morgan fingerprint density at radius 3 is 2.78 bits per heavy atom. The Balaban J connectivity index is 1.91. The van der Waals surface area contributed by atoms with Crippen LogP contribution in [-0.4, -0.2) is 25.8 Å². The topological polar surface area (TPSA) is 73.1 Å². The van der Waals surface area contributed by atoms with Crippen LogP contribution < -0.4 is 14.9 Å². The molecule has 2 aromatic rings. The third-order valence-corrected chi connectivity index (χ3v) is 3.99. The highest BCUT2D eigenvalue weighted by Gasteiger charge is 2.12. The van der Waals surface area contributed by atoms with Crippen LogP contribution in [0.2, 0.25) is 0 Å². The number of nitrogens with one attached hydrogen (secondary N) is 1. The number of benzene rings is 1. The summed E-state index contributed by atoms with van der Waals surface area (Å²) < 4.78 is 18.0. The second kappa shape index (κ2) is 8.51. The average Bonchev–Trinajstić information content (AvgIpc) is 2.91. The minimum Gasteiger partial charge on any atom is -0.493 e. The van der Waals surface area contributed by atoms with Gasteiger partial charge in [0.25, 0.3) is 5.91 Å². The highest BCUT2D eigenvalue weighted by atomic mass is 79.9. The number of methoxy groups -OCH3 is 1. The highest BCUT2D eigenvalue weighted by molar-refractivity contribution is 9.11. The molecule has 0 aliphatic heterocycles. The van der Waals surface area contributed by atoms with Gasteiger partial charge in [0.2, 0.25) is 0 Å². The number of hydrogen-bond donors (Lipinski definition) is 1. The normalized spacial score (nSPS) is 10.8. The molecule has 1 amide bonds. The van der Waals surface area contributed by atoms with E-state index in [9.17, 15) is 4.79 Å². The molecule has 0 aliphatic carbocycles. The number of furan rings is 1. The molecule has 1 aromatic heterocycles. The molecule has 0 spiro atoms. The minimum atomic E-state index is -0.413. The van der Waals surface area contributed by atoms with Crippen molar-refractivity contribution in [1.29, 1.82) is 0 Å². The first-order chi connectivity index (χ1) is 11.0. The van der Waals surface area contributed by atoms with Crippen LogP contribution in [0.25, 0.3) is 0 Å². The lowest BCUT2D eigenvalue weighted by Crippen LogP contribution is -2.24. The second-order valence-electron chi connectivity index (χ2n) is 4.14. The maximum absolute atomic E-state index is 11.7. The summed E-state index contributed by atoms with van der Waals surface area (Å²) in [6, 6.07) is 6.97. The maximum Gasteiger partial charge on any atom is 0.277 e. The van der Waals surface area contributed by atoms with Crippen LogP contribution in [0.5, 0.6) is 11.5 Å². The number of rotatable bonds is 6. The fraction of sp³-hybridized carbons (Fsp3) is 0.143. The van der Waals surface area contributed by atoms with Crippen LogP contribution in [0.3, 0.4) is 0 Å². The van der Waals surface area contributed by atoms with Crippen molar-refractivity contribution in [3.05, 3.63) is 43.6 Å². The van der Waals surface area contributed by atoms with E-state index in [0.29, 0.717) is 26.4 Å². The molecule has 122 valence electrons. The van der Waals surface area contributed by atoms with Gasteiger partial charge in [-0.2, -0.15) is 5.10 Å². The van der Waals surface area contributed by atoms with Crippen molar-refractivity contribution in [1.82, 2.24) is 5.43 Å². The van der Waals surface area contributed by atoms with E-state index in [-0.39, 0.29) is 6.61 Å². The van der Waals surface area contributed by atoms with E-state index >= 15 is 0 Å². The first kappa shape index (κ1) is 18.0. The molecule has 0 radical (unpaired) electrons. The van der Waals surface area contributed by atoms with E-state index in [4.69, 9.17) is 13.9 Å². The number of amides is 1. The smallest absolute Gasteiger partial charge is 0.277 e. The first-order valence-corrected chi connectivity index (χ1v) is 8.60. The molecular formula is C14H11Br3N2O4. The summed E-state index contributed by atoms with van der Waals surface area (Å²) in [6.45, 7) is -0.213. The van der Waals surface area contributed by atoms with E-state index in [0.717, 1.165) is 4.47 Å². The Bertz CT molecular complexity index is 731. The van der Waals surface area contributed by atoms with Crippen molar-refractivity contribution in [3.8, 4) is 11.5 Å². The Hall–Kier alpha value is -1.32. The van der Waals surface area contributed by atoms with Gasteiger partial charge in [-0.05, 0) is 56.1 Å². The molecule has 1 heterocycles. The highest BCUT2D eigenvalue weighted by Crippen LogP contribution is 2.38. The van der Waals surface area contributed by atoms with E-state index in [1.165, 1.54) is 13.3 Å². The van der Waals surface area contributed by atoms with Crippen LogP contribution >= 0.6 is 47.8 Å². The zero-order valence-corrected chi connectivity index (χ0v) is 16.6. The monoisotopic (exact) mass is 508 g/mol. The fourth-order valence-electron chi connectivity index (χ4n) is 1.56. The molecule has 0 fully saturated rings. The van der Waals surface area contributed by atoms with Gasteiger partial charge >= 0.3 is 0 Å². The molecular weight excluding hydrogens is 500 g/mol. The lowest BCUT2D eigenvalue weighted by molar-refractivity contribution is -0.123. The van der Waals surface area contributed by atoms with E-state index in [1.54, 1.807) is 24.3 Å². The van der Waals surface area contributed by atoms with Gasteiger partial charge in [-0.3, -0.25) is 4.79 Å². The van der Waals surface area contributed by atoms with E-state index in [2.05, 4.69) is 58.3 Å². The Kier molecular flexibility index (Phi) is 6.67. The summed E-state index contributed by atoms with van der Waals surface area (Å²) in [5.41, 5.74) is 2.34. The van der Waals surface area contributed by atoms with Crippen molar-refractivity contribution >= 4 is 59.9 Å². The lowest BCUT2D eigenvalue weighted by Gasteiger charge is -2.12. The largest absolute Gasteiger partial charge is 0.493 e. The SMILES string of the molecule is COc1cc(Br)cc(Br)c1OCC(=O)NN=Cc1ccc(Br)o1. The molecule has 0 unspecified atom stereocenters. The number of nitrogens with zero attached hydrogens (tertiary/aromatic N) is 1. The van der Waals surface area contributed by atoms with Crippen LogP contribution in [0.1, 0.15) is 5.76 Å². The average molecular weight is 511 g/mol. The Labute approximate surface area is 157 Å². The summed E-state index contributed by atoms with van der Waals surface area (Å²) in [5.74, 6) is 1.03. The standard InChI is InChI=1S/C14H11Br3N2O4/c1-21-11-5-8(15)4-10(16)14(11)22-7-13(20)19-18-6-9-2-3-12(17)23-9/h2-6H,7H2,1H3,(H,19,20). The van der Waals surface area contributed by atoms with Crippen molar-refractivity contribution in [2.24, 2.45) is 5.10 Å². The van der Waals surface area contributed by atoms with E-state index < -0.39 is 5.91 Å². The number of hydrazone groups is 1. The van der Waals surface area contributed by atoms with Gasteiger partial charge < -0.3 is 13.9 Å². The molecule has 0 saturated heterocycles. The zero-order chi connectivity index (χ0) is 16.8. The molecule has 1 aromatic carbocycles. The van der Waals surface area contributed by atoms with Crippen LogP contribution in [0, 0.1) is 0 Å². The lowest BCUT2D eigenvalue weighted by atomic mass is 10.3. The molecule has 0 aliphatic rings. The molecule has 0 bridgehead atoms. The third-order valence-electron chi connectivity index (χ3n) is 2.52. The Morgan fingerprint density at radius 2 is 2.13 bits per heavy atom. The number of hydrogen-bond acceptors (Lipinski definition) is 5.